The van der Waals surface area contributed by atoms with Crippen molar-refractivity contribution in [3.05, 3.63) is 54.1 Å². The average molecular weight is 313 g/mol. The van der Waals surface area contributed by atoms with Crippen LogP contribution >= 0.6 is 0 Å². The first-order valence-corrected chi connectivity index (χ1v) is 7.66. The first-order valence-electron chi connectivity index (χ1n) is 7.66. The van der Waals surface area contributed by atoms with Gasteiger partial charge in [-0.15, -0.1) is 0 Å². The Hall–Kier alpha value is -2.63. The molecule has 1 aromatic carbocycles. The molecule has 1 N–H and O–H groups in total. The monoisotopic (exact) mass is 313 g/mol. The van der Waals surface area contributed by atoms with Crippen LogP contribution in [0.1, 0.15) is 34.8 Å². The van der Waals surface area contributed by atoms with E-state index in [1.54, 1.807) is 0 Å². The minimum atomic E-state index is -0.237. The first kappa shape index (κ1) is 14.0. The lowest BCUT2D eigenvalue weighted by molar-refractivity contribution is 0.0707. The summed E-state index contributed by atoms with van der Waals surface area (Å²) >= 11 is 0. The lowest BCUT2D eigenvalue weighted by atomic mass is 9.89. The van der Waals surface area contributed by atoms with E-state index in [0.29, 0.717) is 24.7 Å². The highest BCUT2D eigenvalue weighted by Gasteiger charge is 2.27. The molecule has 0 unspecified atom stereocenters. The van der Waals surface area contributed by atoms with Gasteiger partial charge in [0.2, 0.25) is 0 Å². The lowest BCUT2D eigenvalue weighted by Crippen LogP contribution is -2.38. The number of halogens is 1. The summed E-state index contributed by atoms with van der Waals surface area (Å²) in [5.74, 6) is 0.0488. The third-order valence-electron chi connectivity index (χ3n) is 4.55. The molecular weight excluding hydrogens is 297 g/mol. The summed E-state index contributed by atoms with van der Waals surface area (Å²) in [6.45, 7) is 1.37. The third kappa shape index (κ3) is 2.50. The van der Waals surface area contributed by atoms with Gasteiger partial charge in [0.1, 0.15) is 12.1 Å². The van der Waals surface area contributed by atoms with Gasteiger partial charge >= 0.3 is 0 Å². The molecule has 1 saturated heterocycles. The number of hydrogen-bond acceptors (Lipinski definition) is 3. The van der Waals surface area contributed by atoms with E-state index in [9.17, 15) is 9.18 Å². The largest absolute Gasteiger partial charge is 0.451 e. The van der Waals surface area contributed by atoms with Gasteiger partial charge in [0.15, 0.2) is 12.1 Å². The predicted molar refractivity (Wildman–Crippen MR) is 82.6 cm³/mol. The summed E-state index contributed by atoms with van der Waals surface area (Å²) in [5.41, 5.74) is 2.38. The van der Waals surface area contributed by atoms with E-state index >= 15 is 0 Å². The molecular formula is C17H16FN3O2. The highest BCUT2D eigenvalue weighted by Crippen LogP contribution is 2.33. The van der Waals surface area contributed by atoms with Crippen LogP contribution in [0.4, 0.5) is 4.39 Å². The van der Waals surface area contributed by atoms with E-state index in [4.69, 9.17) is 4.42 Å². The number of nitrogens with zero attached hydrogens (tertiary/aromatic N) is 2. The minimum Gasteiger partial charge on any atom is -0.451 e. The molecule has 1 fully saturated rings. The molecule has 0 saturated carbocycles. The number of aromatic amines is 1. The predicted octanol–water partition coefficient (Wildman–Crippen LogP) is 3.31. The molecule has 6 heteroatoms. The number of H-pyrrole nitrogens is 1. The first-order chi connectivity index (χ1) is 11.2. The second kappa shape index (κ2) is 5.53. The highest BCUT2D eigenvalue weighted by molar-refractivity contribution is 5.92. The maximum Gasteiger partial charge on any atom is 0.275 e. The van der Waals surface area contributed by atoms with Crippen molar-refractivity contribution in [2.24, 2.45) is 0 Å². The number of fused-ring (bicyclic) bond motifs is 1. The Morgan fingerprint density at radius 2 is 2.17 bits per heavy atom. The Balaban J connectivity index is 1.49. The zero-order chi connectivity index (χ0) is 15.8. The number of benzene rings is 1. The Morgan fingerprint density at radius 1 is 1.35 bits per heavy atom. The summed E-state index contributed by atoms with van der Waals surface area (Å²) in [6.07, 6.45) is 6.37. The summed E-state index contributed by atoms with van der Waals surface area (Å²) in [4.78, 5) is 21.1. The van der Waals surface area contributed by atoms with E-state index < -0.39 is 0 Å². The van der Waals surface area contributed by atoms with E-state index in [0.717, 1.165) is 23.7 Å². The lowest BCUT2D eigenvalue weighted by Gasteiger charge is -2.31. The smallest absolute Gasteiger partial charge is 0.275 e. The number of nitrogens with one attached hydrogen (secondary N) is 1. The number of rotatable bonds is 2. The molecule has 118 valence electrons. The van der Waals surface area contributed by atoms with Gasteiger partial charge in [0.05, 0.1) is 0 Å². The van der Waals surface area contributed by atoms with Crippen molar-refractivity contribution < 1.29 is 13.6 Å². The van der Waals surface area contributed by atoms with Crippen LogP contribution < -0.4 is 0 Å². The number of oxazole rings is 1. The fraction of sp³-hybridized carbons (Fsp3) is 0.294. The molecule has 0 aliphatic carbocycles. The van der Waals surface area contributed by atoms with Crippen molar-refractivity contribution in [1.82, 2.24) is 14.9 Å². The number of amides is 1. The second-order valence-electron chi connectivity index (χ2n) is 5.87. The number of aromatic nitrogens is 2. The van der Waals surface area contributed by atoms with Crippen molar-refractivity contribution in [1.29, 1.82) is 0 Å². The summed E-state index contributed by atoms with van der Waals surface area (Å²) in [5, 5.41) is 1.06. The van der Waals surface area contributed by atoms with Crippen LogP contribution in [0.3, 0.4) is 0 Å². The maximum absolute atomic E-state index is 13.3. The van der Waals surface area contributed by atoms with Gasteiger partial charge in [-0.3, -0.25) is 4.79 Å². The minimum absolute atomic E-state index is 0.0850. The summed E-state index contributed by atoms with van der Waals surface area (Å²) in [7, 11) is 0. The van der Waals surface area contributed by atoms with Crippen molar-refractivity contribution in [2.45, 2.75) is 18.8 Å². The molecule has 1 aliphatic rings. The van der Waals surface area contributed by atoms with Crippen molar-refractivity contribution in [3.8, 4) is 0 Å². The number of likely N-dealkylation sites (tertiary alicyclic amines) is 1. The van der Waals surface area contributed by atoms with Gasteiger partial charge in [-0.25, -0.2) is 9.37 Å². The van der Waals surface area contributed by atoms with E-state index in [2.05, 4.69) is 9.97 Å². The zero-order valence-corrected chi connectivity index (χ0v) is 12.5. The second-order valence-corrected chi connectivity index (χ2v) is 5.87. The Morgan fingerprint density at radius 3 is 2.91 bits per heavy atom. The van der Waals surface area contributed by atoms with Crippen LogP contribution in [0.5, 0.6) is 0 Å². The van der Waals surface area contributed by atoms with E-state index in [1.807, 2.05) is 17.2 Å². The van der Waals surface area contributed by atoms with Crippen LogP contribution in [0.15, 0.2) is 41.5 Å². The topological polar surface area (TPSA) is 62.1 Å². The number of carbonyl (C=O) groups excluding carboxylic acids is 1. The van der Waals surface area contributed by atoms with Gasteiger partial charge in [0.25, 0.3) is 5.91 Å². The molecule has 5 nitrogen and oxygen atoms in total. The van der Waals surface area contributed by atoms with Gasteiger partial charge in [0, 0.05) is 30.2 Å². The van der Waals surface area contributed by atoms with Crippen molar-refractivity contribution in [3.63, 3.8) is 0 Å². The van der Waals surface area contributed by atoms with E-state index in [1.165, 1.54) is 30.4 Å². The molecule has 3 aromatic rings. The number of hydrogen-bond donors (Lipinski definition) is 1. The SMILES string of the molecule is O=C(c1cocn1)N1CCC(c2c[nH]c3cc(F)ccc23)CC1. The molecule has 0 bridgehead atoms. The molecule has 23 heavy (non-hydrogen) atoms. The molecule has 3 heterocycles. The van der Waals surface area contributed by atoms with Crippen LogP contribution in [0.25, 0.3) is 10.9 Å². The molecule has 4 rings (SSSR count). The van der Waals surface area contributed by atoms with Gasteiger partial charge < -0.3 is 14.3 Å². The normalized spacial score (nSPS) is 16.1. The number of carbonyl (C=O) groups is 1. The Kier molecular flexibility index (Phi) is 3.37. The Bertz CT molecular complexity index is 833. The quantitative estimate of drug-likeness (QED) is 0.789. The number of piperidine rings is 1. The third-order valence-corrected chi connectivity index (χ3v) is 4.55. The fourth-order valence-corrected chi connectivity index (χ4v) is 3.33. The van der Waals surface area contributed by atoms with Gasteiger partial charge in [-0.1, -0.05) is 0 Å². The average Bonchev–Trinajstić information content (AvgIpc) is 3.23. The molecule has 2 aromatic heterocycles. The fourth-order valence-electron chi connectivity index (χ4n) is 3.33. The van der Waals surface area contributed by atoms with Crippen molar-refractivity contribution >= 4 is 16.8 Å². The summed E-state index contributed by atoms with van der Waals surface area (Å²) < 4.78 is 18.2. The standard InChI is InChI=1S/C17H16FN3O2/c18-12-1-2-13-14(8-19-15(13)7-12)11-3-5-21(6-4-11)17(22)16-9-23-10-20-16/h1-2,7-11,19H,3-6H2. The van der Waals surface area contributed by atoms with E-state index in [-0.39, 0.29) is 11.7 Å². The Labute approximate surface area is 132 Å². The summed E-state index contributed by atoms with van der Waals surface area (Å²) in [6, 6.07) is 4.83. The molecule has 0 atom stereocenters. The molecule has 0 radical (unpaired) electrons. The van der Waals surface area contributed by atoms with Crippen LogP contribution in [0.2, 0.25) is 0 Å². The highest BCUT2D eigenvalue weighted by atomic mass is 19.1. The maximum atomic E-state index is 13.3. The molecule has 1 amide bonds. The zero-order valence-electron chi connectivity index (χ0n) is 12.5. The molecule has 1 aliphatic heterocycles. The van der Waals surface area contributed by atoms with Crippen LogP contribution in [-0.4, -0.2) is 33.9 Å². The van der Waals surface area contributed by atoms with Gasteiger partial charge in [-0.05, 0) is 42.5 Å². The van der Waals surface area contributed by atoms with Crippen LogP contribution in [0, 0.1) is 5.82 Å². The molecule has 0 spiro atoms. The van der Waals surface area contributed by atoms with Crippen molar-refractivity contribution in [2.75, 3.05) is 13.1 Å². The van der Waals surface area contributed by atoms with Crippen LogP contribution in [-0.2, 0) is 0 Å². The van der Waals surface area contributed by atoms with Gasteiger partial charge in [-0.2, -0.15) is 0 Å².